The van der Waals surface area contributed by atoms with E-state index in [0.717, 1.165) is 6.42 Å². The fourth-order valence-corrected chi connectivity index (χ4v) is 2.10. The average Bonchev–Trinajstić information content (AvgIpc) is 2.85. The lowest BCUT2D eigenvalue weighted by Crippen LogP contribution is -2.40. The Morgan fingerprint density at radius 1 is 1.56 bits per heavy atom. The van der Waals surface area contributed by atoms with E-state index in [-0.39, 0.29) is 0 Å². The predicted molar refractivity (Wildman–Crippen MR) is 70.7 cm³/mol. The lowest BCUT2D eigenvalue weighted by molar-refractivity contribution is -0.139. The molecule has 0 aliphatic carbocycles. The number of hydrogen-bond donors (Lipinski definition) is 3. The van der Waals surface area contributed by atoms with Gasteiger partial charge < -0.3 is 15.7 Å². The molecule has 1 aromatic heterocycles. The number of thiophene rings is 1. The minimum absolute atomic E-state index is 0.472. The van der Waals surface area contributed by atoms with Crippen LogP contribution in [0.5, 0.6) is 0 Å². The van der Waals surface area contributed by atoms with Gasteiger partial charge in [-0.1, -0.05) is 18.2 Å². The molecule has 18 heavy (non-hydrogen) atoms. The van der Waals surface area contributed by atoms with Crippen molar-refractivity contribution in [1.29, 1.82) is 0 Å². The summed E-state index contributed by atoms with van der Waals surface area (Å²) in [5.74, 6) is -1.07. The zero-order chi connectivity index (χ0) is 13.4. The van der Waals surface area contributed by atoms with Crippen molar-refractivity contribution in [2.45, 2.75) is 19.4 Å². The average molecular weight is 268 g/mol. The number of hydrogen-bond acceptors (Lipinski definition) is 3. The van der Waals surface area contributed by atoms with E-state index in [9.17, 15) is 9.59 Å². The molecule has 1 unspecified atom stereocenters. The van der Waals surface area contributed by atoms with Gasteiger partial charge in [0.15, 0.2) is 6.04 Å². The van der Waals surface area contributed by atoms with Crippen molar-refractivity contribution in [1.82, 2.24) is 10.6 Å². The Bertz CT molecular complexity index is 415. The van der Waals surface area contributed by atoms with Crippen molar-refractivity contribution in [3.8, 4) is 0 Å². The molecular weight excluding hydrogens is 252 g/mol. The Morgan fingerprint density at radius 2 is 2.33 bits per heavy atom. The summed E-state index contributed by atoms with van der Waals surface area (Å²) in [5.41, 5.74) is 0. The first-order valence-corrected chi connectivity index (χ1v) is 6.45. The molecule has 1 rings (SSSR count). The predicted octanol–water partition coefficient (Wildman–Crippen LogP) is 2.14. The number of carboxylic acids is 1. The Kier molecular flexibility index (Phi) is 5.93. The molecule has 0 saturated carbocycles. The van der Waals surface area contributed by atoms with Crippen LogP contribution in [0.2, 0.25) is 0 Å². The molecule has 0 saturated heterocycles. The van der Waals surface area contributed by atoms with Gasteiger partial charge in [0.1, 0.15) is 0 Å². The molecule has 0 aromatic carbocycles. The van der Waals surface area contributed by atoms with Crippen LogP contribution in [0.25, 0.3) is 0 Å². The van der Waals surface area contributed by atoms with Crippen LogP contribution in [-0.4, -0.2) is 23.7 Å². The molecule has 0 spiro atoms. The fraction of sp³-hybridized carbons (Fsp3) is 0.333. The number of urea groups is 1. The standard InChI is InChI=1S/C12H16N2O3S/c1-2-3-4-7-13-12(17)14-10(11(15)16)9-6-5-8-18-9/h2-3,5-6,8,10H,4,7H2,1H3,(H,15,16)(H2,13,14,17)/b3-2+. The van der Waals surface area contributed by atoms with E-state index < -0.39 is 18.0 Å². The highest BCUT2D eigenvalue weighted by molar-refractivity contribution is 7.10. The molecule has 98 valence electrons. The topological polar surface area (TPSA) is 78.4 Å². The highest BCUT2D eigenvalue weighted by atomic mass is 32.1. The highest BCUT2D eigenvalue weighted by Crippen LogP contribution is 2.18. The molecular formula is C12H16N2O3S. The van der Waals surface area contributed by atoms with Gasteiger partial charge in [0.2, 0.25) is 0 Å². The maximum atomic E-state index is 11.5. The van der Waals surface area contributed by atoms with E-state index in [1.807, 2.05) is 19.1 Å². The smallest absolute Gasteiger partial charge is 0.331 e. The molecule has 2 amide bonds. The first-order valence-electron chi connectivity index (χ1n) is 5.57. The van der Waals surface area contributed by atoms with E-state index in [1.54, 1.807) is 17.5 Å². The summed E-state index contributed by atoms with van der Waals surface area (Å²) in [6, 6.07) is 1.97. The van der Waals surface area contributed by atoms with E-state index >= 15 is 0 Å². The third-order valence-corrected chi connectivity index (χ3v) is 3.12. The van der Waals surface area contributed by atoms with Crippen LogP contribution in [0, 0.1) is 0 Å². The summed E-state index contributed by atoms with van der Waals surface area (Å²) < 4.78 is 0. The second-order valence-corrected chi connectivity index (χ2v) is 4.52. The normalized spacial score (nSPS) is 12.3. The van der Waals surface area contributed by atoms with E-state index in [4.69, 9.17) is 5.11 Å². The minimum atomic E-state index is -1.07. The number of carbonyl (C=O) groups is 2. The number of amides is 2. The number of rotatable bonds is 6. The molecule has 0 bridgehead atoms. The third kappa shape index (κ3) is 4.58. The van der Waals surface area contributed by atoms with Crippen LogP contribution >= 0.6 is 11.3 Å². The maximum absolute atomic E-state index is 11.5. The Balaban J connectivity index is 2.47. The second kappa shape index (κ2) is 7.50. The summed E-state index contributed by atoms with van der Waals surface area (Å²) in [5, 5.41) is 15.9. The Morgan fingerprint density at radius 3 is 2.89 bits per heavy atom. The highest BCUT2D eigenvalue weighted by Gasteiger charge is 2.22. The quantitative estimate of drug-likeness (QED) is 0.546. The summed E-state index contributed by atoms with van der Waals surface area (Å²) in [7, 11) is 0. The van der Waals surface area contributed by atoms with Crippen molar-refractivity contribution in [3.63, 3.8) is 0 Å². The molecule has 0 aliphatic heterocycles. The van der Waals surface area contributed by atoms with E-state index in [0.29, 0.717) is 11.4 Å². The molecule has 1 heterocycles. The van der Waals surface area contributed by atoms with Gasteiger partial charge in [0.05, 0.1) is 0 Å². The van der Waals surface area contributed by atoms with Crippen molar-refractivity contribution in [3.05, 3.63) is 34.5 Å². The number of aliphatic carboxylic acids is 1. The van der Waals surface area contributed by atoms with Crippen LogP contribution in [0.1, 0.15) is 24.3 Å². The summed E-state index contributed by atoms with van der Waals surface area (Å²) in [4.78, 5) is 23.2. The summed E-state index contributed by atoms with van der Waals surface area (Å²) in [6.45, 7) is 2.38. The molecule has 0 radical (unpaired) electrons. The lowest BCUT2D eigenvalue weighted by Gasteiger charge is -2.13. The fourth-order valence-electron chi connectivity index (χ4n) is 1.33. The van der Waals surface area contributed by atoms with Crippen LogP contribution < -0.4 is 10.6 Å². The zero-order valence-corrected chi connectivity index (χ0v) is 10.9. The Hall–Kier alpha value is -1.82. The SMILES string of the molecule is C/C=C/CCNC(=O)NC(C(=O)O)c1cccs1. The number of allylic oxidation sites excluding steroid dienone is 1. The number of carbonyl (C=O) groups excluding carboxylic acids is 1. The van der Waals surface area contributed by atoms with Gasteiger partial charge in [-0.05, 0) is 24.8 Å². The summed E-state index contributed by atoms with van der Waals surface area (Å²) >= 11 is 1.30. The van der Waals surface area contributed by atoms with Crippen LogP contribution in [-0.2, 0) is 4.79 Å². The van der Waals surface area contributed by atoms with Crippen molar-refractivity contribution < 1.29 is 14.7 Å². The molecule has 5 nitrogen and oxygen atoms in total. The minimum Gasteiger partial charge on any atom is -0.479 e. The second-order valence-electron chi connectivity index (χ2n) is 3.54. The van der Waals surface area contributed by atoms with Gasteiger partial charge in [0, 0.05) is 11.4 Å². The molecule has 1 atom stereocenters. The first kappa shape index (κ1) is 14.2. The molecule has 3 N–H and O–H groups in total. The molecule has 0 fully saturated rings. The molecule has 6 heteroatoms. The van der Waals surface area contributed by atoms with E-state index in [1.165, 1.54) is 11.3 Å². The largest absolute Gasteiger partial charge is 0.479 e. The van der Waals surface area contributed by atoms with Crippen LogP contribution in [0.3, 0.4) is 0 Å². The van der Waals surface area contributed by atoms with Crippen molar-refractivity contribution in [2.24, 2.45) is 0 Å². The van der Waals surface area contributed by atoms with Gasteiger partial charge in [-0.3, -0.25) is 0 Å². The molecule has 1 aromatic rings. The van der Waals surface area contributed by atoms with Gasteiger partial charge in [-0.25, -0.2) is 9.59 Å². The molecule has 0 aliphatic rings. The van der Waals surface area contributed by atoms with Crippen molar-refractivity contribution >= 4 is 23.3 Å². The van der Waals surface area contributed by atoms with Crippen molar-refractivity contribution in [2.75, 3.05) is 6.54 Å². The number of carboxylic acid groups (broad SMARTS) is 1. The van der Waals surface area contributed by atoms with Gasteiger partial charge >= 0.3 is 12.0 Å². The van der Waals surface area contributed by atoms with E-state index in [2.05, 4.69) is 10.6 Å². The van der Waals surface area contributed by atoms with Gasteiger partial charge in [-0.2, -0.15) is 0 Å². The monoisotopic (exact) mass is 268 g/mol. The maximum Gasteiger partial charge on any atom is 0.331 e. The lowest BCUT2D eigenvalue weighted by atomic mass is 10.2. The third-order valence-electron chi connectivity index (χ3n) is 2.18. The van der Waals surface area contributed by atoms with Gasteiger partial charge in [-0.15, -0.1) is 11.3 Å². The zero-order valence-electron chi connectivity index (χ0n) is 10.1. The Labute approximate surface area is 110 Å². The van der Waals surface area contributed by atoms with Crippen LogP contribution in [0.15, 0.2) is 29.7 Å². The van der Waals surface area contributed by atoms with Gasteiger partial charge in [0.25, 0.3) is 0 Å². The van der Waals surface area contributed by atoms with Crippen LogP contribution in [0.4, 0.5) is 4.79 Å². The summed E-state index contributed by atoms with van der Waals surface area (Å²) in [6.07, 6.45) is 4.54. The first-order chi connectivity index (χ1) is 8.65. The number of nitrogens with one attached hydrogen (secondary N) is 2.